The van der Waals surface area contributed by atoms with Crippen molar-refractivity contribution in [3.8, 4) is 0 Å². The highest BCUT2D eigenvalue weighted by atomic mass is 16.8. The zero-order chi connectivity index (χ0) is 26.8. The number of aromatic nitrogens is 1. The molecule has 3 heterocycles. The second-order valence-corrected chi connectivity index (χ2v) is 10.1. The number of para-hydroxylation sites is 1. The van der Waals surface area contributed by atoms with Gasteiger partial charge in [0.05, 0.1) is 6.54 Å². The molecular weight excluding hydrogens is 484 g/mol. The van der Waals surface area contributed by atoms with Gasteiger partial charge in [0.15, 0.2) is 6.29 Å². The van der Waals surface area contributed by atoms with Gasteiger partial charge in [0, 0.05) is 68.2 Å². The van der Waals surface area contributed by atoms with Crippen molar-refractivity contribution < 1.29 is 24.0 Å². The Labute approximate surface area is 222 Å². The minimum Gasteiger partial charge on any atom is -0.350 e. The molecule has 2 aliphatic rings. The Morgan fingerprint density at radius 1 is 1.11 bits per heavy atom. The predicted molar refractivity (Wildman–Crippen MR) is 142 cm³/mol. The maximum absolute atomic E-state index is 13.0. The number of nitrogens with zero attached hydrogens (tertiary/aromatic N) is 3. The molecule has 2 aromatic carbocycles. The number of fused-ring (bicyclic) bond motifs is 3. The fraction of sp³-hybridized carbons (Fsp3) is 0.414. The average Bonchev–Trinajstić information content (AvgIpc) is 3.25. The minimum absolute atomic E-state index is 0.119. The van der Waals surface area contributed by atoms with Gasteiger partial charge in [-0.05, 0) is 42.2 Å². The Morgan fingerprint density at radius 2 is 1.87 bits per heavy atom. The van der Waals surface area contributed by atoms with Gasteiger partial charge in [-0.2, -0.15) is 0 Å². The van der Waals surface area contributed by atoms with Crippen LogP contribution in [-0.4, -0.2) is 58.7 Å². The van der Waals surface area contributed by atoms with Crippen molar-refractivity contribution in [3.05, 3.63) is 70.9 Å². The molecule has 1 N–H and O–H groups in total. The first kappa shape index (κ1) is 25.9. The van der Waals surface area contributed by atoms with E-state index in [9.17, 15) is 14.4 Å². The van der Waals surface area contributed by atoms with Crippen LogP contribution in [-0.2, 0) is 27.5 Å². The van der Waals surface area contributed by atoms with Crippen LogP contribution in [0.15, 0.2) is 48.5 Å². The van der Waals surface area contributed by atoms with E-state index in [1.165, 1.54) is 29.8 Å². The first-order chi connectivity index (χ1) is 18.3. The third kappa shape index (κ3) is 5.16. The van der Waals surface area contributed by atoms with Gasteiger partial charge in [-0.25, -0.2) is 15.1 Å². The van der Waals surface area contributed by atoms with Crippen LogP contribution in [0.25, 0.3) is 10.9 Å². The molecule has 2 unspecified atom stereocenters. The van der Waals surface area contributed by atoms with Crippen LogP contribution in [0, 0.1) is 0 Å². The number of carbonyl (C=O) groups is 3. The molecule has 200 valence electrons. The molecule has 0 radical (unpaired) electrons. The predicted octanol–water partition coefficient (Wildman–Crippen LogP) is 4.40. The summed E-state index contributed by atoms with van der Waals surface area (Å²) >= 11 is 0. The number of ether oxygens (including phenoxy) is 1. The van der Waals surface area contributed by atoms with Crippen LogP contribution in [0.5, 0.6) is 0 Å². The molecule has 38 heavy (non-hydrogen) atoms. The molecule has 0 saturated carbocycles. The molecule has 2 atom stereocenters. The van der Waals surface area contributed by atoms with Crippen molar-refractivity contribution in [1.82, 2.24) is 19.8 Å². The quantitative estimate of drug-likeness (QED) is 0.506. The highest BCUT2D eigenvalue weighted by Crippen LogP contribution is 2.37. The molecular formula is C29H34N4O5. The maximum atomic E-state index is 13.0. The Bertz CT molecular complexity index is 1340. The van der Waals surface area contributed by atoms with E-state index in [1.807, 2.05) is 24.3 Å². The lowest BCUT2D eigenvalue weighted by molar-refractivity contribution is -0.186. The van der Waals surface area contributed by atoms with Crippen LogP contribution in [0.2, 0.25) is 0 Å². The number of hydroxylamine groups is 1. The van der Waals surface area contributed by atoms with Crippen molar-refractivity contribution in [1.29, 1.82) is 0 Å². The van der Waals surface area contributed by atoms with Crippen LogP contribution in [0.3, 0.4) is 0 Å². The topological polar surface area (TPSA) is 93.1 Å². The van der Waals surface area contributed by atoms with Gasteiger partial charge < -0.3 is 14.2 Å². The lowest BCUT2D eigenvalue weighted by atomic mass is 9.93. The molecule has 2 aliphatic heterocycles. The second kappa shape index (κ2) is 11.0. The minimum atomic E-state index is -0.399. The number of urea groups is 1. The number of rotatable bonds is 5. The molecule has 3 aromatic rings. The summed E-state index contributed by atoms with van der Waals surface area (Å²) < 4.78 is 7.74. The van der Waals surface area contributed by atoms with E-state index in [1.54, 1.807) is 17.0 Å². The zero-order valence-electron chi connectivity index (χ0n) is 22.1. The molecule has 4 amide bonds. The van der Waals surface area contributed by atoms with Crippen LogP contribution >= 0.6 is 0 Å². The first-order valence-electron chi connectivity index (χ1n) is 13.1. The largest absolute Gasteiger partial charge is 0.350 e. The van der Waals surface area contributed by atoms with E-state index in [-0.39, 0.29) is 23.8 Å². The maximum Gasteiger partial charge on any atom is 0.326 e. The highest BCUT2D eigenvalue weighted by Gasteiger charge is 2.33. The van der Waals surface area contributed by atoms with Gasteiger partial charge >= 0.3 is 6.03 Å². The first-order valence-corrected chi connectivity index (χ1v) is 13.1. The normalized spacial score (nSPS) is 19.2. The van der Waals surface area contributed by atoms with Crippen molar-refractivity contribution in [2.45, 2.75) is 58.4 Å². The van der Waals surface area contributed by atoms with Crippen LogP contribution in [0.1, 0.15) is 66.2 Å². The van der Waals surface area contributed by atoms with Crippen molar-refractivity contribution in [2.75, 3.05) is 20.2 Å². The third-order valence-electron chi connectivity index (χ3n) is 7.46. The van der Waals surface area contributed by atoms with Crippen LogP contribution in [0.4, 0.5) is 4.79 Å². The summed E-state index contributed by atoms with van der Waals surface area (Å²) in [6.07, 6.45) is 2.40. The number of hydrogen-bond acceptors (Lipinski definition) is 5. The molecule has 1 aromatic heterocycles. The number of imide groups is 1. The molecule has 9 nitrogen and oxygen atoms in total. The van der Waals surface area contributed by atoms with E-state index in [0.717, 1.165) is 36.0 Å². The Morgan fingerprint density at radius 3 is 2.58 bits per heavy atom. The Kier molecular flexibility index (Phi) is 7.49. The smallest absolute Gasteiger partial charge is 0.326 e. The van der Waals surface area contributed by atoms with E-state index >= 15 is 0 Å². The fourth-order valence-electron chi connectivity index (χ4n) is 5.37. The van der Waals surface area contributed by atoms with E-state index < -0.39 is 6.29 Å². The summed E-state index contributed by atoms with van der Waals surface area (Å²) in [4.78, 5) is 45.7. The van der Waals surface area contributed by atoms with Gasteiger partial charge in [-0.1, -0.05) is 37.3 Å². The van der Waals surface area contributed by atoms with Gasteiger partial charge in [0.25, 0.3) is 5.91 Å². The third-order valence-corrected chi connectivity index (χ3v) is 7.46. The van der Waals surface area contributed by atoms with Gasteiger partial charge in [-0.3, -0.25) is 14.5 Å². The van der Waals surface area contributed by atoms with Gasteiger partial charge in [0.1, 0.15) is 0 Å². The summed E-state index contributed by atoms with van der Waals surface area (Å²) in [6, 6.07) is 15.4. The summed E-state index contributed by atoms with van der Waals surface area (Å²) in [7, 11) is 1.52. The molecule has 1 fully saturated rings. The molecule has 9 heteroatoms. The van der Waals surface area contributed by atoms with Crippen molar-refractivity contribution in [3.63, 3.8) is 0 Å². The molecule has 0 aliphatic carbocycles. The number of nitrogens with one attached hydrogen (secondary N) is 1. The Balaban J connectivity index is 1.37. The van der Waals surface area contributed by atoms with Gasteiger partial charge in [0.2, 0.25) is 5.91 Å². The van der Waals surface area contributed by atoms with Crippen molar-refractivity contribution >= 4 is 28.7 Å². The van der Waals surface area contributed by atoms with Crippen molar-refractivity contribution in [2.24, 2.45) is 0 Å². The monoisotopic (exact) mass is 518 g/mol. The number of amides is 4. The average molecular weight is 519 g/mol. The molecule has 5 rings (SSSR count). The van der Waals surface area contributed by atoms with Gasteiger partial charge in [-0.15, -0.1) is 0 Å². The fourth-order valence-corrected chi connectivity index (χ4v) is 5.37. The van der Waals surface area contributed by atoms with E-state index in [0.29, 0.717) is 31.8 Å². The molecule has 0 spiro atoms. The summed E-state index contributed by atoms with van der Waals surface area (Å²) in [5, 5.41) is 1.18. The number of carbonyl (C=O) groups excluding carboxylic acids is 3. The number of benzene rings is 2. The zero-order valence-corrected chi connectivity index (χ0v) is 22.1. The SMILES string of the molecule is CC(=O)N(C)C(=O)N1Cc2c(c3ccccc3n2Cc2ccc(C(=O)NOC3CCCCO3)cc2)C(C)C1. The summed E-state index contributed by atoms with van der Waals surface area (Å²) in [5.41, 5.74) is 7.44. The second-order valence-electron chi connectivity index (χ2n) is 10.1. The lowest BCUT2D eigenvalue weighted by Crippen LogP contribution is -2.46. The lowest BCUT2D eigenvalue weighted by Gasteiger charge is -2.34. The summed E-state index contributed by atoms with van der Waals surface area (Å²) in [5.74, 6) is -0.477. The van der Waals surface area contributed by atoms with Crippen LogP contribution < -0.4 is 5.48 Å². The summed E-state index contributed by atoms with van der Waals surface area (Å²) in [6.45, 7) is 5.72. The van der Waals surface area contributed by atoms with E-state index in [4.69, 9.17) is 9.57 Å². The molecule has 1 saturated heterocycles. The Hall–Kier alpha value is -3.69. The standard InChI is InChI=1S/C29H34N4O5/c1-19-16-32(29(36)31(3)20(2)34)18-25-27(19)23-8-4-5-9-24(23)33(25)17-21-11-13-22(14-12-21)28(35)30-38-26-10-6-7-15-37-26/h4-5,8-9,11-14,19,26H,6-7,10,15-18H2,1-3H3,(H,30,35). The number of hydrogen-bond donors (Lipinski definition) is 1. The highest BCUT2D eigenvalue weighted by molar-refractivity contribution is 5.94. The molecule has 0 bridgehead atoms. The van der Waals surface area contributed by atoms with E-state index in [2.05, 4.69) is 29.1 Å².